The molecule has 5 nitrogen and oxygen atoms in total. The summed E-state index contributed by atoms with van der Waals surface area (Å²) in [6.07, 6.45) is 0. The van der Waals surface area contributed by atoms with Crippen molar-refractivity contribution in [2.45, 2.75) is 0 Å². The first-order chi connectivity index (χ1) is 7.81. The van der Waals surface area contributed by atoms with Crippen LogP contribution in [0.2, 0.25) is 0 Å². The fourth-order valence-electron chi connectivity index (χ4n) is 1.46. The number of amidine groups is 1. The molecular weight excluding hydrogens is 228 g/mol. The molecule has 6 heteroatoms. The van der Waals surface area contributed by atoms with Crippen molar-refractivity contribution >= 4 is 28.5 Å². The number of fused-ring (bicyclic) bond motifs is 1. The second-order valence-electron chi connectivity index (χ2n) is 3.29. The zero-order valence-electron chi connectivity index (χ0n) is 8.23. The van der Waals surface area contributed by atoms with Gasteiger partial charge in [-0.1, -0.05) is 11.8 Å². The number of hydrogen-bond acceptors (Lipinski definition) is 5. The van der Waals surface area contributed by atoms with Crippen LogP contribution in [-0.2, 0) is 4.79 Å². The molecule has 0 unspecified atom stereocenters. The molecule has 0 aliphatic carbocycles. The summed E-state index contributed by atoms with van der Waals surface area (Å²) in [6, 6.07) is 5.43. The number of amides is 1. The van der Waals surface area contributed by atoms with Gasteiger partial charge in [0.2, 0.25) is 12.7 Å². The van der Waals surface area contributed by atoms with Crippen LogP contribution < -0.4 is 14.8 Å². The number of nitrogens with zero attached hydrogens (tertiary/aromatic N) is 1. The van der Waals surface area contributed by atoms with Crippen molar-refractivity contribution in [1.29, 1.82) is 0 Å². The Kier molecular flexibility index (Phi) is 2.21. The van der Waals surface area contributed by atoms with E-state index in [1.54, 1.807) is 6.07 Å². The minimum atomic E-state index is -0.00973. The Morgan fingerprint density at radius 3 is 3.00 bits per heavy atom. The summed E-state index contributed by atoms with van der Waals surface area (Å²) in [4.78, 5) is 15.3. The van der Waals surface area contributed by atoms with E-state index in [1.807, 2.05) is 12.1 Å². The van der Waals surface area contributed by atoms with Crippen LogP contribution in [0.25, 0.3) is 0 Å². The lowest BCUT2D eigenvalue weighted by molar-refractivity contribution is -0.116. The van der Waals surface area contributed by atoms with Gasteiger partial charge < -0.3 is 14.8 Å². The number of rotatable bonds is 1. The fourth-order valence-corrected chi connectivity index (χ4v) is 2.15. The van der Waals surface area contributed by atoms with Crippen LogP contribution in [0.3, 0.4) is 0 Å². The summed E-state index contributed by atoms with van der Waals surface area (Å²) in [7, 11) is 0. The van der Waals surface area contributed by atoms with Crippen molar-refractivity contribution < 1.29 is 14.3 Å². The molecule has 0 spiro atoms. The minimum absolute atomic E-state index is 0.00973. The standard InChI is InChI=1S/C10H8N2O3S/c13-9-4-16-10(12-9)11-6-1-2-7-8(3-6)15-5-14-7/h1-3H,4-5H2,(H,11,12,13). The first-order valence-corrected chi connectivity index (χ1v) is 5.71. The maximum Gasteiger partial charge on any atom is 0.236 e. The SMILES string of the molecule is O=C1CSC(=Nc2ccc3c(c2)OCO3)N1. The van der Waals surface area contributed by atoms with Crippen molar-refractivity contribution in [1.82, 2.24) is 5.32 Å². The minimum Gasteiger partial charge on any atom is -0.454 e. The highest BCUT2D eigenvalue weighted by molar-refractivity contribution is 8.15. The van der Waals surface area contributed by atoms with E-state index in [4.69, 9.17) is 9.47 Å². The van der Waals surface area contributed by atoms with Crippen molar-refractivity contribution in [3.8, 4) is 11.5 Å². The zero-order chi connectivity index (χ0) is 11.0. The highest BCUT2D eigenvalue weighted by Crippen LogP contribution is 2.35. The molecule has 16 heavy (non-hydrogen) atoms. The number of aliphatic imine (C=N–C) groups is 1. The van der Waals surface area contributed by atoms with Gasteiger partial charge in [-0.15, -0.1) is 0 Å². The summed E-state index contributed by atoms with van der Waals surface area (Å²) in [6.45, 7) is 0.251. The number of hydrogen-bond donors (Lipinski definition) is 1. The second kappa shape index (κ2) is 3.71. The number of ether oxygens (including phenoxy) is 2. The molecule has 3 rings (SSSR count). The van der Waals surface area contributed by atoms with Gasteiger partial charge in [0.15, 0.2) is 16.7 Å². The number of thioether (sulfide) groups is 1. The molecule has 2 aliphatic rings. The Morgan fingerprint density at radius 2 is 2.19 bits per heavy atom. The predicted octanol–water partition coefficient (Wildman–Crippen LogP) is 1.27. The van der Waals surface area contributed by atoms with E-state index < -0.39 is 0 Å². The van der Waals surface area contributed by atoms with Crippen LogP contribution in [0.5, 0.6) is 11.5 Å². The Labute approximate surface area is 95.8 Å². The second-order valence-corrected chi connectivity index (χ2v) is 4.26. The van der Waals surface area contributed by atoms with Crippen LogP contribution in [0.15, 0.2) is 23.2 Å². The predicted molar refractivity (Wildman–Crippen MR) is 60.3 cm³/mol. The highest BCUT2D eigenvalue weighted by Gasteiger charge is 2.17. The molecule has 1 fully saturated rings. The van der Waals surface area contributed by atoms with E-state index >= 15 is 0 Å². The topological polar surface area (TPSA) is 59.9 Å². The highest BCUT2D eigenvalue weighted by atomic mass is 32.2. The van der Waals surface area contributed by atoms with Crippen molar-refractivity contribution in [3.05, 3.63) is 18.2 Å². The molecule has 0 aromatic heterocycles. The van der Waals surface area contributed by atoms with Crippen molar-refractivity contribution in [3.63, 3.8) is 0 Å². The van der Waals surface area contributed by atoms with Crippen molar-refractivity contribution in [2.24, 2.45) is 4.99 Å². The van der Waals surface area contributed by atoms with Crippen LogP contribution >= 0.6 is 11.8 Å². The van der Waals surface area contributed by atoms with Crippen LogP contribution in [0.1, 0.15) is 0 Å². The van der Waals surface area contributed by atoms with Gasteiger partial charge >= 0.3 is 0 Å². The van der Waals surface area contributed by atoms with Crippen LogP contribution in [0.4, 0.5) is 5.69 Å². The zero-order valence-corrected chi connectivity index (χ0v) is 9.04. The third-order valence-corrected chi connectivity index (χ3v) is 3.05. The van der Waals surface area contributed by atoms with Gasteiger partial charge in [-0.3, -0.25) is 4.79 Å². The quantitative estimate of drug-likeness (QED) is 0.797. The Balaban J connectivity index is 1.88. The lowest BCUT2D eigenvalue weighted by Gasteiger charge is -1.99. The molecule has 2 aliphatic heterocycles. The maximum atomic E-state index is 11.0. The van der Waals surface area contributed by atoms with Crippen LogP contribution in [0, 0.1) is 0 Å². The summed E-state index contributed by atoms with van der Waals surface area (Å²) in [5, 5.41) is 3.30. The Morgan fingerprint density at radius 1 is 1.31 bits per heavy atom. The Bertz CT molecular complexity index is 487. The number of benzene rings is 1. The molecule has 1 N–H and O–H groups in total. The normalized spacial score (nSPS) is 20.2. The molecule has 1 aromatic carbocycles. The number of carbonyl (C=O) groups is 1. The van der Waals surface area contributed by atoms with E-state index in [0.717, 1.165) is 11.4 Å². The Hall–Kier alpha value is -1.69. The molecule has 1 aromatic rings. The molecule has 0 atom stereocenters. The van der Waals surface area contributed by atoms with E-state index in [2.05, 4.69) is 10.3 Å². The lowest BCUT2D eigenvalue weighted by Crippen LogP contribution is -2.19. The molecule has 1 saturated heterocycles. The molecule has 0 radical (unpaired) electrons. The van der Waals surface area contributed by atoms with Gasteiger partial charge in [-0.05, 0) is 12.1 Å². The molecule has 0 bridgehead atoms. The fraction of sp³-hybridized carbons (Fsp3) is 0.200. The third kappa shape index (κ3) is 1.71. The van der Waals surface area contributed by atoms with Gasteiger partial charge in [-0.2, -0.15) is 0 Å². The van der Waals surface area contributed by atoms with E-state index in [9.17, 15) is 4.79 Å². The first-order valence-electron chi connectivity index (χ1n) is 4.72. The first kappa shape index (κ1) is 9.53. The summed E-state index contributed by atoms with van der Waals surface area (Å²) in [5.74, 6) is 1.84. The molecule has 82 valence electrons. The average Bonchev–Trinajstić information content (AvgIpc) is 2.87. The molecule has 1 amide bonds. The third-order valence-electron chi connectivity index (χ3n) is 2.17. The largest absolute Gasteiger partial charge is 0.454 e. The van der Waals surface area contributed by atoms with Crippen LogP contribution in [-0.4, -0.2) is 23.6 Å². The summed E-state index contributed by atoms with van der Waals surface area (Å²) in [5.41, 5.74) is 0.744. The van der Waals surface area contributed by atoms with Gasteiger partial charge in [0.25, 0.3) is 0 Å². The molecule has 2 heterocycles. The smallest absolute Gasteiger partial charge is 0.236 e. The summed E-state index contributed by atoms with van der Waals surface area (Å²) < 4.78 is 10.4. The van der Waals surface area contributed by atoms with Crippen molar-refractivity contribution in [2.75, 3.05) is 12.5 Å². The van der Waals surface area contributed by atoms with E-state index in [-0.39, 0.29) is 12.7 Å². The lowest BCUT2D eigenvalue weighted by atomic mass is 10.3. The maximum absolute atomic E-state index is 11.0. The number of carbonyl (C=O) groups excluding carboxylic acids is 1. The molecular formula is C10H8N2O3S. The van der Waals surface area contributed by atoms with Gasteiger partial charge in [0, 0.05) is 6.07 Å². The monoisotopic (exact) mass is 236 g/mol. The van der Waals surface area contributed by atoms with Gasteiger partial charge in [-0.25, -0.2) is 4.99 Å². The summed E-state index contributed by atoms with van der Waals surface area (Å²) >= 11 is 1.40. The van der Waals surface area contributed by atoms with E-state index in [0.29, 0.717) is 16.7 Å². The molecule has 0 saturated carbocycles. The van der Waals surface area contributed by atoms with E-state index in [1.165, 1.54) is 11.8 Å². The average molecular weight is 236 g/mol. The van der Waals surface area contributed by atoms with Gasteiger partial charge in [0.05, 0.1) is 11.4 Å². The number of nitrogens with one attached hydrogen (secondary N) is 1. The van der Waals surface area contributed by atoms with Gasteiger partial charge in [0.1, 0.15) is 0 Å².